The van der Waals surface area contributed by atoms with Crippen molar-refractivity contribution in [2.45, 2.75) is 25.8 Å². The van der Waals surface area contributed by atoms with Crippen molar-refractivity contribution in [1.29, 1.82) is 0 Å². The van der Waals surface area contributed by atoms with Crippen LogP contribution in [0.4, 0.5) is 11.6 Å². The van der Waals surface area contributed by atoms with Gasteiger partial charge in [0.05, 0.1) is 0 Å². The highest BCUT2D eigenvalue weighted by Gasteiger charge is 2.24. The van der Waals surface area contributed by atoms with E-state index in [0.717, 1.165) is 24.7 Å². The van der Waals surface area contributed by atoms with E-state index in [1.165, 1.54) is 12.8 Å². The number of aromatic nitrogens is 2. The maximum absolute atomic E-state index is 5.79. The summed E-state index contributed by atoms with van der Waals surface area (Å²) in [5.74, 6) is 1.98. The van der Waals surface area contributed by atoms with Crippen LogP contribution in [0.15, 0.2) is 12.4 Å². The van der Waals surface area contributed by atoms with Crippen molar-refractivity contribution in [3.63, 3.8) is 0 Å². The fourth-order valence-corrected chi connectivity index (χ4v) is 2.25. The summed E-state index contributed by atoms with van der Waals surface area (Å²) >= 11 is 0. The summed E-state index contributed by atoms with van der Waals surface area (Å²) in [5.41, 5.74) is 5.79. The second-order valence-electron chi connectivity index (χ2n) is 4.47. The van der Waals surface area contributed by atoms with Crippen LogP contribution in [0.2, 0.25) is 0 Å². The van der Waals surface area contributed by atoms with Gasteiger partial charge < -0.3 is 15.5 Å². The van der Waals surface area contributed by atoms with E-state index in [0.29, 0.717) is 12.6 Å². The molecule has 17 heavy (non-hydrogen) atoms. The summed E-state index contributed by atoms with van der Waals surface area (Å²) in [6, 6.07) is 2.49. The lowest BCUT2D eigenvalue weighted by Crippen LogP contribution is -2.36. The Balaban J connectivity index is 2.20. The lowest BCUT2D eigenvalue weighted by atomic mass is 10.2. The third-order valence-electron chi connectivity index (χ3n) is 3.45. The Bertz CT molecular complexity index is 368. The minimum Gasteiger partial charge on any atom is -0.360 e. The monoisotopic (exact) mass is 235 g/mol. The van der Waals surface area contributed by atoms with Gasteiger partial charge in [-0.05, 0) is 19.8 Å². The SMILES string of the molecule is CCN(C)c1cc(N2CCCC2CN)ncn1. The zero-order valence-corrected chi connectivity index (χ0v) is 10.6. The van der Waals surface area contributed by atoms with E-state index >= 15 is 0 Å². The van der Waals surface area contributed by atoms with Crippen LogP contribution in [0.25, 0.3) is 0 Å². The average Bonchev–Trinajstić information content (AvgIpc) is 2.86. The molecule has 1 atom stereocenters. The molecular weight excluding hydrogens is 214 g/mol. The number of nitrogens with two attached hydrogens (primary N) is 1. The molecule has 0 bridgehead atoms. The van der Waals surface area contributed by atoms with Crippen molar-refractivity contribution in [3.8, 4) is 0 Å². The molecule has 1 saturated heterocycles. The van der Waals surface area contributed by atoms with Crippen molar-refractivity contribution >= 4 is 11.6 Å². The van der Waals surface area contributed by atoms with Crippen LogP contribution in [-0.4, -0.2) is 42.7 Å². The molecule has 0 aliphatic carbocycles. The van der Waals surface area contributed by atoms with Gasteiger partial charge >= 0.3 is 0 Å². The van der Waals surface area contributed by atoms with Crippen molar-refractivity contribution in [2.75, 3.05) is 36.5 Å². The molecule has 1 fully saturated rings. The Morgan fingerprint density at radius 2 is 2.35 bits per heavy atom. The number of hydrogen-bond acceptors (Lipinski definition) is 5. The van der Waals surface area contributed by atoms with Gasteiger partial charge in [-0.3, -0.25) is 0 Å². The van der Waals surface area contributed by atoms with Crippen molar-refractivity contribution < 1.29 is 0 Å². The average molecular weight is 235 g/mol. The van der Waals surface area contributed by atoms with Gasteiger partial charge in [0.25, 0.3) is 0 Å². The van der Waals surface area contributed by atoms with E-state index in [2.05, 4.69) is 32.8 Å². The first-order valence-corrected chi connectivity index (χ1v) is 6.26. The Hall–Kier alpha value is -1.36. The molecule has 1 aromatic rings. The van der Waals surface area contributed by atoms with Gasteiger partial charge in [-0.2, -0.15) is 0 Å². The molecule has 2 N–H and O–H groups in total. The largest absolute Gasteiger partial charge is 0.360 e. The lowest BCUT2D eigenvalue weighted by molar-refractivity contribution is 0.670. The summed E-state index contributed by atoms with van der Waals surface area (Å²) in [6.45, 7) is 4.80. The van der Waals surface area contributed by atoms with E-state index in [-0.39, 0.29) is 0 Å². The third kappa shape index (κ3) is 2.49. The van der Waals surface area contributed by atoms with Crippen LogP contribution >= 0.6 is 0 Å². The zero-order chi connectivity index (χ0) is 12.3. The summed E-state index contributed by atoms with van der Waals surface area (Å²) in [7, 11) is 2.04. The van der Waals surface area contributed by atoms with Crippen molar-refractivity contribution in [2.24, 2.45) is 5.73 Å². The Labute approximate surface area is 103 Å². The summed E-state index contributed by atoms with van der Waals surface area (Å²) in [4.78, 5) is 13.1. The van der Waals surface area contributed by atoms with E-state index in [4.69, 9.17) is 5.73 Å². The Morgan fingerprint density at radius 1 is 1.53 bits per heavy atom. The van der Waals surface area contributed by atoms with Crippen LogP contribution in [-0.2, 0) is 0 Å². The molecule has 5 nitrogen and oxygen atoms in total. The second kappa shape index (κ2) is 5.31. The van der Waals surface area contributed by atoms with Gasteiger partial charge in [-0.1, -0.05) is 0 Å². The van der Waals surface area contributed by atoms with Gasteiger partial charge in [0.1, 0.15) is 18.0 Å². The topological polar surface area (TPSA) is 58.3 Å². The molecule has 2 heterocycles. The molecule has 1 aromatic heterocycles. The first kappa shape index (κ1) is 12.1. The molecule has 94 valence electrons. The Morgan fingerprint density at radius 3 is 3.06 bits per heavy atom. The van der Waals surface area contributed by atoms with E-state index in [1.54, 1.807) is 6.33 Å². The normalized spacial score (nSPS) is 19.7. The van der Waals surface area contributed by atoms with E-state index in [1.807, 2.05) is 7.05 Å². The van der Waals surface area contributed by atoms with Crippen LogP contribution in [0.1, 0.15) is 19.8 Å². The molecule has 1 aliphatic rings. The molecule has 0 aromatic carbocycles. The molecule has 0 radical (unpaired) electrons. The number of hydrogen-bond donors (Lipinski definition) is 1. The minimum atomic E-state index is 0.435. The third-order valence-corrected chi connectivity index (χ3v) is 3.45. The number of rotatable bonds is 4. The van der Waals surface area contributed by atoms with Gasteiger partial charge in [0.15, 0.2) is 0 Å². The first-order valence-electron chi connectivity index (χ1n) is 6.26. The van der Waals surface area contributed by atoms with Gasteiger partial charge in [-0.15, -0.1) is 0 Å². The molecule has 1 unspecified atom stereocenters. The lowest BCUT2D eigenvalue weighted by Gasteiger charge is -2.25. The second-order valence-corrected chi connectivity index (χ2v) is 4.47. The van der Waals surface area contributed by atoms with Crippen LogP contribution in [0.3, 0.4) is 0 Å². The molecule has 0 amide bonds. The number of nitrogens with zero attached hydrogens (tertiary/aromatic N) is 4. The quantitative estimate of drug-likeness (QED) is 0.839. The standard InChI is InChI=1S/C12H21N5/c1-3-16(2)11-7-12(15-9-14-11)17-6-4-5-10(17)8-13/h7,9-10H,3-6,8,13H2,1-2H3. The maximum Gasteiger partial charge on any atom is 0.134 e. The van der Waals surface area contributed by atoms with Gasteiger partial charge in [0.2, 0.25) is 0 Å². The molecule has 1 aliphatic heterocycles. The highest BCUT2D eigenvalue weighted by atomic mass is 15.3. The van der Waals surface area contributed by atoms with Gasteiger partial charge in [-0.25, -0.2) is 9.97 Å². The molecule has 0 spiro atoms. The molecule has 5 heteroatoms. The first-order chi connectivity index (χ1) is 8.26. The molecule has 0 saturated carbocycles. The van der Waals surface area contributed by atoms with Gasteiger partial charge in [0, 0.05) is 38.8 Å². The molecule has 2 rings (SSSR count). The maximum atomic E-state index is 5.79. The molecular formula is C12H21N5. The van der Waals surface area contributed by atoms with Crippen molar-refractivity contribution in [1.82, 2.24) is 9.97 Å². The fourth-order valence-electron chi connectivity index (χ4n) is 2.25. The van der Waals surface area contributed by atoms with E-state index < -0.39 is 0 Å². The van der Waals surface area contributed by atoms with Crippen LogP contribution in [0.5, 0.6) is 0 Å². The summed E-state index contributed by atoms with van der Waals surface area (Å²) in [6.07, 6.45) is 4.01. The Kier molecular flexibility index (Phi) is 3.78. The van der Waals surface area contributed by atoms with Crippen molar-refractivity contribution in [3.05, 3.63) is 12.4 Å². The zero-order valence-electron chi connectivity index (χ0n) is 10.6. The highest BCUT2D eigenvalue weighted by Crippen LogP contribution is 2.24. The van der Waals surface area contributed by atoms with Crippen LogP contribution < -0.4 is 15.5 Å². The minimum absolute atomic E-state index is 0.435. The summed E-state index contributed by atoms with van der Waals surface area (Å²) in [5, 5.41) is 0. The van der Waals surface area contributed by atoms with E-state index in [9.17, 15) is 0 Å². The smallest absolute Gasteiger partial charge is 0.134 e. The fraction of sp³-hybridized carbons (Fsp3) is 0.667. The highest BCUT2D eigenvalue weighted by molar-refractivity contribution is 5.50. The number of anilines is 2. The van der Waals surface area contributed by atoms with Crippen LogP contribution in [0, 0.1) is 0 Å². The predicted octanol–water partition coefficient (Wildman–Crippen LogP) is 0.860. The predicted molar refractivity (Wildman–Crippen MR) is 70.4 cm³/mol. The summed E-state index contributed by atoms with van der Waals surface area (Å²) < 4.78 is 0.